The van der Waals surface area contributed by atoms with Crippen LogP contribution in [0.1, 0.15) is 46.3 Å². The van der Waals surface area contributed by atoms with Gasteiger partial charge in [-0.3, -0.25) is 4.79 Å². The van der Waals surface area contributed by atoms with Crippen LogP contribution in [0, 0.1) is 13.8 Å². The number of aryl methyl sites for hydroxylation is 1. The van der Waals surface area contributed by atoms with Crippen LogP contribution in [0.4, 0.5) is 0 Å². The molecule has 0 heterocycles. The lowest BCUT2D eigenvalue weighted by Crippen LogP contribution is -2.15. The summed E-state index contributed by atoms with van der Waals surface area (Å²) in [5.74, 6) is -1.16. The maximum atomic E-state index is 11.8. The smallest absolute Gasteiger partial charge is 0.338 e. The Kier molecular flexibility index (Phi) is 3.35. The quantitative estimate of drug-likeness (QED) is 0.847. The number of rotatable bonds is 4. The first-order valence-electron chi connectivity index (χ1n) is 6.31. The SMILES string of the molecule is COC(=O)c1cc(C2(CC(=O)O)CC2)cc(C)c1C. The third-order valence-electron chi connectivity index (χ3n) is 4.03. The van der Waals surface area contributed by atoms with Crippen molar-refractivity contribution in [3.63, 3.8) is 0 Å². The van der Waals surface area contributed by atoms with Gasteiger partial charge in [0.1, 0.15) is 0 Å². The molecule has 102 valence electrons. The van der Waals surface area contributed by atoms with Crippen molar-refractivity contribution in [3.8, 4) is 0 Å². The van der Waals surface area contributed by atoms with Crippen LogP contribution in [-0.2, 0) is 14.9 Å². The summed E-state index contributed by atoms with van der Waals surface area (Å²) in [7, 11) is 1.36. The highest BCUT2D eigenvalue weighted by atomic mass is 16.5. The van der Waals surface area contributed by atoms with Crippen LogP contribution >= 0.6 is 0 Å². The number of methoxy groups -OCH3 is 1. The largest absolute Gasteiger partial charge is 0.481 e. The lowest BCUT2D eigenvalue weighted by Gasteiger charge is -2.17. The summed E-state index contributed by atoms with van der Waals surface area (Å²) in [4.78, 5) is 22.7. The molecule has 0 unspecified atom stereocenters. The molecule has 0 amide bonds. The van der Waals surface area contributed by atoms with Crippen LogP contribution in [0.3, 0.4) is 0 Å². The highest BCUT2D eigenvalue weighted by molar-refractivity contribution is 5.91. The van der Waals surface area contributed by atoms with E-state index in [4.69, 9.17) is 9.84 Å². The van der Waals surface area contributed by atoms with E-state index in [0.717, 1.165) is 29.5 Å². The molecule has 1 aromatic rings. The third-order valence-corrected chi connectivity index (χ3v) is 4.03. The second kappa shape index (κ2) is 4.68. The number of ether oxygens (including phenoxy) is 1. The molecule has 1 N–H and O–H groups in total. The fourth-order valence-corrected chi connectivity index (χ4v) is 2.50. The van der Waals surface area contributed by atoms with Crippen molar-refractivity contribution in [1.29, 1.82) is 0 Å². The molecular formula is C15H18O4. The Hall–Kier alpha value is -1.84. The lowest BCUT2D eigenvalue weighted by molar-refractivity contribution is -0.137. The molecule has 4 nitrogen and oxygen atoms in total. The van der Waals surface area contributed by atoms with Crippen molar-refractivity contribution in [2.75, 3.05) is 7.11 Å². The molecule has 0 aliphatic heterocycles. The number of carboxylic acid groups (broad SMARTS) is 1. The summed E-state index contributed by atoms with van der Waals surface area (Å²) in [5.41, 5.74) is 3.08. The van der Waals surface area contributed by atoms with E-state index in [1.807, 2.05) is 19.9 Å². The Balaban J connectivity index is 2.46. The van der Waals surface area contributed by atoms with Crippen molar-refractivity contribution < 1.29 is 19.4 Å². The Morgan fingerprint density at radius 1 is 1.32 bits per heavy atom. The van der Waals surface area contributed by atoms with Gasteiger partial charge in [-0.2, -0.15) is 0 Å². The molecule has 2 rings (SSSR count). The molecular weight excluding hydrogens is 244 g/mol. The maximum Gasteiger partial charge on any atom is 0.338 e. The second-order valence-corrected chi connectivity index (χ2v) is 5.31. The molecule has 1 saturated carbocycles. The van der Waals surface area contributed by atoms with Crippen LogP contribution in [0.25, 0.3) is 0 Å². The van der Waals surface area contributed by atoms with Gasteiger partial charge >= 0.3 is 11.9 Å². The van der Waals surface area contributed by atoms with Crippen molar-refractivity contribution in [3.05, 3.63) is 34.4 Å². The Labute approximate surface area is 112 Å². The molecule has 1 aromatic carbocycles. The van der Waals surface area contributed by atoms with Gasteiger partial charge in [0.2, 0.25) is 0 Å². The van der Waals surface area contributed by atoms with Crippen molar-refractivity contribution >= 4 is 11.9 Å². The molecule has 0 bridgehead atoms. The summed E-state index contributed by atoms with van der Waals surface area (Å²) in [6, 6.07) is 3.79. The van der Waals surface area contributed by atoms with E-state index >= 15 is 0 Å². The molecule has 1 aliphatic rings. The third kappa shape index (κ3) is 2.48. The first kappa shape index (κ1) is 13.6. The van der Waals surface area contributed by atoms with Gasteiger partial charge in [0.05, 0.1) is 19.1 Å². The standard InChI is InChI=1S/C15H18O4/c1-9-6-11(15(4-5-15)8-13(16)17)7-12(10(9)2)14(18)19-3/h6-7H,4-5,8H2,1-3H3,(H,16,17). The van der Waals surface area contributed by atoms with E-state index in [0.29, 0.717) is 5.56 Å². The average Bonchev–Trinajstić information content (AvgIpc) is 3.11. The molecule has 0 aromatic heterocycles. The van der Waals surface area contributed by atoms with Crippen LogP contribution in [-0.4, -0.2) is 24.2 Å². The number of hydrogen-bond donors (Lipinski definition) is 1. The molecule has 4 heteroatoms. The highest BCUT2D eigenvalue weighted by Gasteiger charge is 2.46. The first-order valence-corrected chi connectivity index (χ1v) is 6.31. The van der Waals surface area contributed by atoms with E-state index in [-0.39, 0.29) is 17.8 Å². The number of carbonyl (C=O) groups excluding carboxylic acids is 1. The minimum absolute atomic E-state index is 0.121. The Bertz CT molecular complexity index is 541. The minimum Gasteiger partial charge on any atom is -0.481 e. The van der Waals surface area contributed by atoms with E-state index in [1.54, 1.807) is 6.07 Å². The van der Waals surface area contributed by atoms with E-state index in [9.17, 15) is 9.59 Å². The van der Waals surface area contributed by atoms with Crippen molar-refractivity contribution in [2.45, 2.75) is 38.5 Å². The lowest BCUT2D eigenvalue weighted by atomic mass is 9.88. The van der Waals surface area contributed by atoms with E-state index in [2.05, 4.69) is 0 Å². The maximum absolute atomic E-state index is 11.8. The average molecular weight is 262 g/mol. The van der Waals surface area contributed by atoms with Gasteiger partial charge in [0.15, 0.2) is 0 Å². The van der Waals surface area contributed by atoms with Gasteiger partial charge in [-0.25, -0.2) is 4.79 Å². The Morgan fingerprint density at radius 2 is 1.95 bits per heavy atom. The highest BCUT2D eigenvalue weighted by Crippen LogP contribution is 2.51. The number of aliphatic carboxylic acids is 1. The number of esters is 1. The van der Waals surface area contributed by atoms with Crippen LogP contribution in [0.15, 0.2) is 12.1 Å². The predicted octanol–water partition coefficient (Wildman–Crippen LogP) is 2.60. The van der Waals surface area contributed by atoms with Crippen molar-refractivity contribution in [2.24, 2.45) is 0 Å². The van der Waals surface area contributed by atoms with E-state index < -0.39 is 5.97 Å². The minimum atomic E-state index is -0.796. The van der Waals surface area contributed by atoms with Crippen LogP contribution in [0.2, 0.25) is 0 Å². The zero-order chi connectivity index (χ0) is 14.2. The number of hydrogen-bond acceptors (Lipinski definition) is 3. The zero-order valence-electron chi connectivity index (χ0n) is 11.4. The van der Waals surface area contributed by atoms with E-state index in [1.165, 1.54) is 7.11 Å². The second-order valence-electron chi connectivity index (χ2n) is 5.31. The van der Waals surface area contributed by atoms with Gasteiger partial charge in [-0.05, 0) is 49.4 Å². The summed E-state index contributed by atoms with van der Waals surface area (Å²) in [6.07, 6.45) is 1.85. The molecule has 19 heavy (non-hydrogen) atoms. The van der Waals surface area contributed by atoms with Crippen molar-refractivity contribution in [1.82, 2.24) is 0 Å². The van der Waals surface area contributed by atoms with Gasteiger partial charge in [-0.15, -0.1) is 0 Å². The molecule has 1 fully saturated rings. The summed E-state index contributed by atoms with van der Waals surface area (Å²) in [6.45, 7) is 3.81. The molecule has 1 aliphatic carbocycles. The van der Waals surface area contributed by atoms with Crippen LogP contribution in [0.5, 0.6) is 0 Å². The number of carbonyl (C=O) groups is 2. The van der Waals surface area contributed by atoms with Gasteiger partial charge in [-0.1, -0.05) is 6.07 Å². The molecule has 0 spiro atoms. The van der Waals surface area contributed by atoms with Gasteiger partial charge < -0.3 is 9.84 Å². The van der Waals surface area contributed by atoms with Gasteiger partial charge in [0, 0.05) is 5.41 Å². The molecule has 0 radical (unpaired) electrons. The zero-order valence-corrected chi connectivity index (χ0v) is 11.4. The monoisotopic (exact) mass is 262 g/mol. The Morgan fingerprint density at radius 3 is 2.42 bits per heavy atom. The summed E-state index contributed by atoms with van der Waals surface area (Å²) in [5, 5.41) is 9.01. The topological polar surface area (TPSA) is 63.6 Å². The summed E-state index contributed by atoms with van der Waals surface area (Å²) >= 11 is 0. The number of benzene rings is 1. The predicted molar refractivity (Wildman–Crippen MR) is 70.4 cm³/mol. The summed E-state index contributed by atoms with van der Waals surface area (Å²) < 4.78 is 4.79. The van der Waals surface area contributed by atoms with Crippen LogP contribution < -0.4 is 0 Å². The molecule has 0 atom stereocenters. The van der Waals surface area contributed by atoms with Gasteiger partial charge in [0.25, 0.3) is 0 Å². The normalized spacial score (nSPS) is 15.9. The number of carboxylic acids is 1. The fourth-order valence-electron chi connectivity index (χ4n) is 2.50. The first-order chi connectivity index (χ1) is 8.89. The fraction of sp³-hybridized carbons (Fsp3) is 0.467. The molecule has 0 saturated heterocycles.